The fourth-order valence-corrected chi connectivity index (χ4v) is 4.23. The van der Waals surface area contributed by atoms with Crippen LogP contribution in [0.3, 0.4) is 0 Å². The second-order valence-electron chi connectivity index (χ2n) is 7.36. The van der Waals surface area contributed by atoms with Gasteiger partial charge in [-0.2, -0.15) is 0 Å². The molecule has 0 aliphatic carbocycles. The summed E-state index contributed by atoms with van der Waals surface area (Å²) >= 11 is 0. The minimum atomic E-state index is 0.0189. The molecule has 0 spiro atoms. The smallest absolute Gasteiger partial charge is 0.226 e. The highest BCUT2D eigenvalue weighted by atomic mass is 16.5. The second kappa shape index (κ2) is 8.57. The summed E-state index contributed by atoms with van der Waals surface area (Å²) in [6, 6.07) is 16.0. The third kappa shape index (κ3) is 3.94. The molecule has 0 saturated carbocycles. The van der Waals surface area contributed by atoms with Gasteiger partial charge < -0.3 is 14.4 Å². The Hall–Kier alpha value is -2.66. The van der Waals surface area contributed by atoms with Crippen LogP contribution in [0.15, 0.2) is 54.6 Å². The summed E-state index contributed by atoms with van der Waals surface area (Å²) in [5.74, 6) is 1.06. The van der Waals surface area contributed by atoms with Gasteiger partial charge in [0, 0.05) is 24.9 Å². The monoisotopic (exact) mass is 378 g/mol. The van der Waals surface area contributed by atoms with Gasteiger partial charge in [-0.15, -0.1) is 0 Å². The molecule has 1 aromatic carbocycles. The van der Waals surface area contributed by atoms with E-state index in [0.29, 0.717) is 25.5 Å². The predicted molar refractivity (Wildman–Crippen MR) is 108 cm³/mol. The number of aromatic nitrogens is 1. The van der Waals surface area contributed by atoms with Crippen molar-refractivity contribution < 1.29 is 14.3 Å². The van der Waals surface area contributed by atoms with Gasteiger partial charge in [0.15, 0.2) is 0 Å². The Bertz CT molecular complexity index is 850. The van der Waals surface area contributed by atoms with Crippen molar-refractivity contribution in [3.05, 3.63) is 65.9 Å². The molecule has 0 radical (unpaired) electrons. The topological polar surface area (TPSA) is 51.7 Å². The maximum atomic E-state index is 12.6. The highest BCUT2D eigenvalue weighted by Gasteiger charge is 2.39. The first-order valence-corrected chi connectivity index (χ1v) is 9.89. The molecule has 3 heterocycles. The van der Waals surface area contributed by atoms with E-state index in [9.17, 15) is 4.79 Å². The number of nitrogens with zero attached hydrogens (tertiary/aromatic N) is 2. The van der Waals surface area contributed by atoms with Gasteiger partial charge in [-0.25, -0.2) is 4.98 Å². The molecule has 2 aromatic rings. The molecule has 0 bridgehead atoms. The highest BCUT2D eigenvalue weighted by Crippen LogP contribution is 2.37. The van der Waals surface area contributed by atoms with Gasteiger partial charge >= 0.3 is 0 Å². The normalized spacial score (nSPS) is 21.8. The lowest BCUT2D eigenvalue weighted by atomic mass is 9.81. The fraction of sp³-hybridized carbons (Fsp3) is 0.391. The van der Waals surface area contributed by atoms with E-state index >= 15 is 0 Å². The van der Waals surface area contributed by atoms with Gasteiger partial charge in [0.1, 0.15) is 0 Å². The molecular weight excluding hydrogens is 352 g/mol. The van der Waals surface area contributed by atoms with Crippen LogP contribution in [-0.2, 0) is 16.1 Å². The first kappa shape index (κ1) is 18.7. The van der Waals surface area contributed by atoms with Gasteiger partial charge in [0.2, 0.25) is 11.8 Å². The maximum absolute atomic E-state index is 12.6. The molecule has 2 aliphatic heterocycles. The molecule has 28 heavy (non-hydrogen) atoms. The van der Waals surface area contributed by atoms with Crippen molar-refractivity contribution in [2.45, 2.75) is 31.9 Å². The van der Waals surface area contributed by atoms with E-state index in [0.717, 1.165) is 30.7 Å². The molecular formula is C23H26N2O3. The fourth-order valence-electron chi connectivity index (χ4n) is 4.23. The molecule has 2 aliphatic rings. The van der Waals surface area contributed by atoms with E-state index in [1.165, 1.54) is 5.56 Å². The minimum Gasteiger partial charge on any atom is -0.481 e. The lowest BCUT2D eigenvalue weighted by Gasteiger charge is -2.44. The Morgan fingerprint density at radius 1 is 1.14 bits per heavy atom. The van der Waals surface area contributed by atoms with Gasteiger partial charge in [0.05, 0.1) is 32.1 Å². The Kier molecular flexibility index (Phi) is 5.72. The Morgan fingerprint density at radius 2 is 2.00 bits per heavy atom. The van der Waals surface area contributed by atoms with Crippen molar-refractivity contribution in [3.63, 3.8) is 0 Å². The number of carbonyl (C=O) groups is 1. The summed E-state index contributed by atoms with van der Waals surface area (Å²) in [6.07, 6.45) is 4.54. The van der Waals surface area contributed by atoms with Crippen LogP contribution >= 0.6 is 0 Å². The summed E-state index contributed by atoms with van der Waals surface area (Å²) in [5, 5.41) is 0. The molecule has 0 N–H and O–H groups in total. The van der Waals surface area contributed by atoms with E-state index < -0.39 is 0 Å². The number of hydrogen-bond donors (Lipinski definition) is 0. The van der Waals surface area contributed by atoms with E-state index in [2.05, 4.69) is 17.1 Å². The summed E-state index contributed by atoms with van der Waals surface area (Å²) in [5.41, 5.74) is 3.17. The number of hydrogen-bond acceptors (Lipinski definition) is 4. The molecule has 1 amide bonds. The zero-order valence-corrected chi connectivity index (χ0v) is 16.2. The zero-order valence-electron chi connectivity index (χ0n) is 16.2. The Morgan fingerprint density at radius 3 is 2.82 bits per heavy atom. The van der Waals surface area contributed by atoms with Crippen LogP contribution in [0.5, 0.6) is 5.88 Å². The van der Waals surface area contributed by atoms with E-state index in [1.54, 1.807) is 7.11 Å². The van der Waals surface area contributed by atoms with Crippen molar-refractivity contribution in [2.24, 2.45) is 5.92 Å². The summed E-state index contributed by atoms with van der Waals surface area (Å²) in [7, 11) is 1.62. The molecule has 1 fully saturated rings. The summed E-state index contributed by atoms with van der Waals surface area (Å²) < 4.78 is 11.4. The lowest BCUT2D eigenvalue weighted by Crippen LogP contribution is -2.52. The van der Waals surface area contributed by atoms with Gasteiger partial charge in [-0.05, 0) is 30.0 Å². The standard InChI is InChI=1S/C23H26N2O3/c1-27-21-11-5-10-20(24-21)19-12-13-22(26)25-14-6-9-18(23(19)25)16-28-15-17-7-3-2-4-8-17/h2-5,7-8,10-12,18,23H,6,9,13-16H2,1H3/t18-,23-/m0/s1. The molecule has 1 aromatic heterocycles. The highest BCUT2D eigenvalue weighted by molar-refractivity contribution is 5.87. The number of methoxy groups -OCH3 is 1. The van der Waals surface area contributed by atoms with Crippen LogP contribution in [-0.4, -0.2) is 42.1 Å². The second-order valence-corrected chi connectivity index (χ2v) is 7.36. The average molecular weight is 378 g/mol. The number of ether oxygens (including phenoxy) is 2. The van der Waals surface area contributed by atoms with Crippen LogP contribution in [0, 0.1) is 5.92 Å². The summed E-state index contributed by atoms with van der Waals surface area (Å²) in [4.78, 5) is 19.2. The molecule has 5 heteroatoms. The molecule has 5 nitrogen and oxygen atoms in total. The minimum absolute atomic E-state index is 0.0189. The summed E-state index contributed by atoms with van der Waals surface area (Å²) in [6.45, 7) is 2.03. The van der Waals surface area contributed by atoms with Crippen molar-refractivity contribution >= 4 is 11.5 Å². The Labute approximate surface area is 166 Å². The van der Waals surface area contributed by atoms with Gasteiger partial charge in [-0.3, -0.25) is 4.79 Å². The molecule has 146 valence electrons. The van der Waals surface area contributed by atoms with E-state index in [1.807, 2.05) is 47.4 Å². The average Bonchev–Trinajstić information content (AvgIpc) is 2.75. The first-order chi connectivity index (χ1) is 13.8. The Balaban J connectivity index is 1.54. The third-order valence-corrected chi connectivity index (χ3v) is 5.56. The van der Waals surface area contributed by atoms with Gasteiger partial charge in [-0.1, -0.05) is 42.5 Å². The predicted octanol–water partition coefficient (Wildman–Crippen LogP) is 3.70. The van der Waals surface area contributed by atoms with E-state index in [4.69, 9.17) is 9.47 Å². The van der Waals surface area contributed by atoms with Crippen molar-refractivity contribution in [1.29, 1.82) is 0 Å². The number of fused-ring (bicyclic) bond motifs is 1. The SMILES string of the molecule is COc1cccc(C2=CCC(=O)N3CCC[C@@H](COCc4ccccc4)[C@@H]23)n1. The van der Waals surface area contributed by atoms with Crippen molar-refractivity contribution in [2.75, 3.05) is 20.3 Å². The van der Waals surface area contributed by atoms with Crippen LogP contribution in [0.25, 0.3) is 5.57 Å². The van der Waals surface area contributed by atoms with Gasteiger partial charge in [0.25, 0.3) is 0 Å². The number of pyridine rings is 1. The quantitative estimate of drug-likeness (QED) is 0.769. The zero-order chi connectivity index (χ0) is 19.3. The van der Waals surface area contributed by atoms with E-state index in [-0.39, 0.29) is 17.9 Å². The van der Waals surface area contributed by atoms with Crippen molar-refractivity contribution in [3.8, 4) is 5.88 Å². The number of rotatable bonds is 6. The third-order valence-electron chi connectivity index (χ3n) is 5.56. The van der Waals surface area contributed by atoms with Crippen LogP contribution in [0.2, 0.25) is 0 Å². The largest absolute Gasteiger partial charge is 0.481 e. The molecule has 4 rings (SSSR count). The molecule has 2 atom stereocenters. The van der Waals surface area contributed by atoms with Crippen LogP contribution in [0.1, 0.15) is 30.5 Å². The number of amides is 1. The number of carbonyl (C=O) groups excluding carboxylic acids is 1. The van der Waals surface area contributed by atoms with Crippen LogP contribution in [0.4, 0.5) is 0 Å². The van der Waals surface area contributed by atoms with Crippen LogP contribution < -0.4 is 4.74 Å². The maximum Gasteiger partial charge on any atom is 0.226 e. The number of piperidine rings is 1. The molecule has 1 saturated heterocycles. The first-order valence-electron chi connectivity index (χ1n) is 9.89. The molecule has 0 unspecified atom stereocenters. The van der Waals surface area contributed by atoms with Crippen molar-refractivity contribution in [1.82, 2.24) is 9.88 Å². The lowest BCUT2D eigenvalue weighted by molar-refractivity contribution is -0.135. The number of benzene rings is 1.